The highest BCUT2D eigenvalue weighted by molar-refractivity contribution is 7.12. The first kappa shape index (κ1) is 23.8. The molecule has 35 heavy (non-hydrogen) atoms. The van der Waals surface area contributed by atoms with E-state index >= 15 is 0 Å². The smallest absolute Gasteiger partial charge is 0.354 e. The third-order valence-corrected chi connectivity index (χ3v) is 6.17. The van der Waals surface area contributed by atoms with Gasteiger partial charge in [-0.25, -0.2) is 4.79 Å². The van der Waals surface area contributed by atoms with Gasteiger partial charge in [0.2, 0.25) is 17.5 Å². The zero-order valence-corrected chi connectivity index (χ0v) is 19.7. The van der Waals surface area contributed by atoms with E-state index in [0.717, 1.165) is 23.5 Å². The standard InChI is InChI=1S/C23H21N5O6S/c1-3-6-14-19-18(13(11-24)21(25)34-22(19)27-26-14)12-9-15(28(30)31)20(16(10-12)32-4-2)33-23(29)17-7-5-8-35-17/h5,7-10,18H,3-4,6,25H2,1-2H3,(H,26,27)/t18-/m1/s1. The Kier molecular flexibility index (Phi) is 6.70. The van der Waals surface area contributed by atoms with E-state index in [2.05, 4.69) is 16.3 Å². The molecule has 0 aliphatic carbocycles. The normalized spacial score (nSPS) is 14.6. The number of rotatable bonds is 8. The van der Waals surface area contributed by atoms with Crippen LogP contribution in [0.3, 0.4) is 0 Å². The number of benzene rings is 1. The van der Waals surface area contributed by atoms with Gasteiger partial charge in [0.1, 0.15) is 16.5 Å². The second kappa shape index (κ2) is 9.86. The first-order valence-corrected chi connectivity index (χ1v) is 11.6. The summed E-state index contributed by atoms with van der Waals surface area (Å²) in [5.74, 6) is -1.82. The summed E-state index contributed by atoms with van der Waals surface area (Å²) in [4.78, 5) is 24.3. The summed E-state index contributed by atoms with van der Waals surface area (Å²) in [7, 11) is 0. The van der Waals surface area contributed by atoms with Gasteiger partial charge < -0.3 is 19.9 Å². The molecule has 3 N–H and O–H groups in total. The molecule has 0 fully saturated rings. The lowest BCUT2D eigenvalue weighted by Crippen LogP contribution is -2.21. The molecule has 3 heterocycles. The monoisotopic (exact) mass is 495 g/mol. The van der Waals surface area contributed by atoms with Gasteiger partial charge in [0.05, 0.1) is 17.4 Å². The first-order valence-electron chi connectivity index (χ1n) is 10.7. The summed E-state index contributed by atoms with van der Waals surface area (Å²) < 4.78 is 16.6. The molecule has 11 nitrogen and oxygen atoms in total. The Bertz CT molecular complexity index is 1360. The Morgan fingerprint density at radius 2 is 2.23 bits per heavy atom. The second-order valence-corrected chi connectivity index (χ2v) is 8.47. The second-order valence-electron chi connectivity index (χ2n) is 7.52. The number of nitriles is 1. The van der Waals surface area contributed by atoms with Gasteiger partial charge in [0.15, 0.2) is 5.75 Å². The molecule has 1 atom stereocenters. The number of allylic oxidation sites excluding steroid dienone is 1. The van der Waals surface area contributed by atoms with Crippen molar-refractivity contribution >= 4 is 23.0 Å². The summed E-state index contributed by atoms with van der Waals surface area (Å²) in [5.41, 5.74) is 7.24. The van der Waals surface area contributed by atoms with Crippen molar-refractivity contribution in [1.82, 2.24) is 10.2 Å². The predicted octanol–water partition coefficient (Wildman–Crippen LogP) is 4.17. The molecule has 12 heteroatoms. The van der Waals surface area contributed by atoms with Crippen LogP contribution in [0.2, 0.25) is 0 Å². The Labute approximate surface area is 203 Å². The minimum atomic E-state index is -0.802. The number of nitro benzene ring substituents is 1. The van der Waals surface area contributed by atoms with Crippen LogP contribution in [0.5, 0.6) is 17.4 Å². The van der Waals surface area contributed by atoms with E-state index in [-0.39, 0.29) is 40.3 Å². The van der Waals surface area contributed by atoms with E-state index in [9.17, 15) is 20.2 Å². The topological polar surface area (TPSA) is 166 Å². The highest BCUT2D eigenvalue weighted by atomic mass is 32.1. The summed E-state index contributed by atoms with van der Waals surface area (Å²) in [6, 6.07) is 8.06. The zero-order valence-electron chi connectivity index (χ0n) is 18.9. The molecule has 3 aromatic rings. The molecular weight excluding hydrogens is 474 g/mol. The maximum atomic E-state index is 12.6. The molecule has 0 amide bonds. The van der Waals surface area contributed by atoms with Gasteiger partial charge in [-0.05, 0) is 36.4 Å². The van der Waals surface area contributed by atoms with Gasteiger partial charge in [0, 0.05) is 17.3 Å². The van der Waals surface area contributed by atoms with E-state index in [0.29, 0.717) is 17.5 Å². The summed E-state index contributed by atoms with van der Waals surface area (Å²) in [6.45, 7) is 3.83. The predicted molar refractivity (Wildman–Crippen MR) is 125 cm³/mol. The van der Waals surface area contributed by atoms with Crippen molar-refractivity contribution in [3.8, 4) is 23.4 Å². The number of esters is 1. The maximum absolute atomic E-state index is 12.6. The van der Waals surface area contributed by atoms with Crippen molar-refractivity contribution in [2.24, 2.45) is 5.73 Å². The third kappa shape index (κ3) is 4.41. The summed E-state index contributed by atoms with van der Waals surface area (Å²) in [5, 5.41) is 30.7. The minimum absolute atomic E-state index is 0.00829. The van der Waals surface area contributed by atoms with Crippen molar-refractivity contribution in [3.05, 3.63) is 72.9 Å². The van der Waals surface area contributed by atoms with Crippen molar-refractivity contribution in [2.45, 2.75) is 32.6 Å². The Morgan fingerprint density at radius 3 is 2.86 bits per heavy atom. The number of carbonyl (C=O) groups is 1. The van der Waals surface area contributed by atoms with Crippen LogP contribution in [0.1, 0.15) is 52.7 Å². The van der Waals surface area contributed by atoms with Crippen molar-refractivity contribution in [3.63, 3.8) is 0 Å². The molecule has 1 aromatic carbocycles. The number of hydrogen-bond donors (Lipinski definition) is 2. The molecule has 0 bridgehead atoms. The number of hydrogen-bond acceptors (Lipinski definition) is 10. The van der Waals surface area contributed by atoms with Gasteiger partial charge in [-0.1, -0.05) is 19.4 Å². The molecule has 0 saturated carbocycles. The number of aromatic amines is 1. The first-order chi connectivity index (χ1) is 16.9. The molecule has 180 valence electrons. The van der Waals surface area contributed by atoms with Crippen LogP contribution in [-0.2, 0) is 6.42 Å². The Morgan fingerprint density at radius 1 is 1.43 bits per heavy atom. The van der Waals surface area contributed by atoms with Gasteiger partial charge in [-0.2, -0.15) is 5.26 Å². The molecular formula is C23H21N5O6S. The molecule has 2 aromatic heterocycles. The van der Waals surface area contributed by atoms with Gasteiger partial charge >= 0.3 is 11.7 Å². The van der Waals surface area contributed by atoms with E-state index in [1.807, 2.05) is 6.92 Å². The average Bonchev–Trinajstić information content (AvgIpc) is 3.50. The van der Waals surface area contributed by atoms with Crippen LogP contribution in [-0.4, -0.2) is 27.7 Å². The Balaban J connectivity index is 1.91. The molecule has 0 saturated heterocycles. The van der Waals surface area contributed by atoms with E-state index in [1.165, 1.54) is 12.1 Å². The number of nitrogens with one attached hydrogen (secondary N) is 1. The lowest BCUT2D eigenvalue weighted by atomic mass is 9.83. The minimum Gasteiger partial charge on any atom is -0.490 e. The molecule has 0 radical (unpaired) electrons. The zero-order chi connectivity index (χ0) is 25.1. The number of nitro groups is 1. The van der Waals surface area contributed by atoms with Crippen molar-refractivity contribution in [2.75, 3.05) is 6.61 Å². The highest BCUT2D eigenvalue weighted by Crippen LogP contribution is 2.48. The van der Waals surface area contributed by atoms with Crippen molar-refractivity contribution in [1.29, 1.82) is 5.26 Å². The van der Waals surface area contributed by atoms with Crippen LogP contribution in [0, 0.1) is 21.4 Å². The fourth-order valence-corrected chi connectivity index (χ4v) is 4.49. The number of aromatic nitrogens is 2. The number of thiophene rings is 1. The SMILES string of the molecule is CCCc1[nH]nc2c1[C@H](c1cc(OCC)c(OC(=O)c3cccs3)c([N+](=O)[O-])c1)C(C#N)=C(N)O2. The number of nitrogens with zero attached hydrogens (tertiary/aromatic N) is 3. The third-order valence-electron chi connectivity index (χ3n) is 5.32. The van der Waals surface area contributed by atoms with Crippen LogP contribution >= 0.6 is 11.3 Å². The van der Waals surface area contributed by atoms with Gasteiger partial charge in [0.25, 0.3) is 0 Å². The molecule has 0 unspecified atom stereocenters. The Hall–Kier alpha value is -4.37. The van der Waals surface area contributed by atoms with Crippen LogP contribution in [0.15, 0.2) is 41.1 Å². The maximum Gasteiger partial charge on any atom is 0.354 e. The van der Waals surface area contributed by atoms with Gasteiger partial charge in [-0.15, -0.1) is 16.4 Å². The quantitative estimate of drug-likeness (QED) is 0.202. The average molecular weight is 496 g/mol. The number of nitrogens with two attached hydrogens (primary N) is 1. The number of ether oxygens (including phenoxy) is 3. The van der Waals surface area contributed by atoms with E-state index < -0.39 is 22.5 Å². The number of fused-ring (bicyclic) bond motifs is 1. The number of carbonyl (C=O) groups excluding carboxylic acids is 1. The van der Waals surface area contributed by atoms with Crippen LogP contribution in [0.4, 0.5) is 5.69 Å². The lowest BCUT2D eigenvalue weighted by molar-refractivity contribution is -0.385. The fourth-order valence-electron chi connectivity index (χ4n) is 3.90. The summed E-state index contributed by atoms with van der Waals surface area (Å²) >= 11 is 1.15. The largest absolute Gasteiger partial charge is 0.490 e. The lowest BCUT2D eigenvalue weighted by Gasteiger charge is -2.24. The molecule has 1 aliphatic rings. The van der Waals surface area contributed by atoms with E-state index in [4.69, 9.17) is 19.9 Å². The number of aryl methyl sites for hydroxylation is 1. The van der Waals surface area contributed by atoms with Crippen LogP contribution in [0.25, 0.3) is 0 Å². The molecule has 1 aliphatic heterocycles. The summed E-state index contributed by atoms with van der Waals surface area (Å²) in [6.07, 6.45) is 1.39. The fraction of sp³-hybridized carbons (Fsp3) is 0.261. The van der Waals surface area contributed by atoms with Crippen LogP contribution < -0.4 is 19.9 Å². The van der Waals surface area contributed by atoms with Crippen molar-refractivity contribution < 1.29 is 23.9 Å². The van der Waals surface area contributed by atoms with E-state index in [1.54, 1.807) is 24.4 Å². The van der Waals surface area contributed by atoms with Gasteiger partial charge in [-0.3, -0.25) is 15.2 Å². The highest BCUT2D eigenvalue weighted by Gasteiger charge is 2.37. The number of H-pyrrole nitrogens is 1. The molecule has 0 spiro atoms. The molecule has 4 rings (SSSR count).